The molecule has 0 aliphatic heterocycles. The Labute approximate surface area is 190 Å². The fourth-order valence-corrected chi connectivity index (χ4v) is 3.03. The van der Waals surface area contributed by atoms with Crippen molar-refractivity contribution in [1.82, 2.24) is 9.97 Å². The Kier molecular flexibility index (Phi) is 7.19. The smallest absolute Gasteiger partial charge is 0.413 e. The highest BCUT2D eigenvalue weighted by molar-refractivity contribution is 6.11. The summed E-state index contributed by atoms with van der Waals surface area (Å²) in [5.74, 6) is -0.390. The van der Waals surface area contributed by atoms with Crippen LogP contribution in [0, 0.1) is 5.82 Å². The first-order valence-corrected chi connectivity index (χ1v) is 9.87. The lowest BCUT2D eigenvalue weighted by Gasteiger charge is -2.19. The summed E-state index contributed by atoms with van der Waals surface area (Å²) < 4.78 is 18.7. The zero-order valence-corrected chi connectivity index (χ0v) is 18.2. The molecule has 3 aromatic rings. The second-order valence-corrected chi connectivity index (χ2v) is 6.95. The first kappa shape index (κ1) is 23.2. The van der Waals surface area contributed by atoms with Gasteiger partial charge in [0.15, 0.2) is 17.5 Å². The highest BCUT2D eigenvalue weighted by Crippen LogP contribution is 2.28. The number of ether oxygens (including phenoxy) is 1. The van der Waals surface area contributed by atoms with Gasteiger partial charge in [-0.2, -0.15) is 0 Å². The average Bonchev–Trinajstić information content (AvgIpc) is 2.81. The maximum absolute atomic E-state index is 14.1. The van der Waals surface area contributed by atoms with Gasteiger partial charge in [0, 0.05) is 12.6 Å². The highest BCUT2D eigenvalue weighted by atomic mass is 19.1. The molecule has 170 valence electrons. The number of allylic oxidation sites excluding steroid dienone is 1. The predicted molar refractivity (Wildman–Crippen MR) is 127 cm³/mol. The number of carbonyl (C=O) groups excluding carboxylic acids is 1. The Hall–Kier alpha value is -4.47. The van der Waals surface area contributed by atoms with Crippen molar-refractivity contribution in [2.75, 3.05) is 30.5 Å². The summed E-state index contributed by atoms with van der Waals surface area (Å²) in [6.07, 6.45) is 0.883. The number of amides is 1. The minimum Gasteiger partial charge on any atom is -0.452 e. The number of hydrogen-bond donors (Lipinski definition) is 3. The Morgan fingerprint density at radius 1 is 1.09 bits per heavy atom. The van der Waals surface area contributed by atoms with Gasteiger partial charge in [0.05, 0.1) is 25.1 Å². The maximum atomic E-state index is 14.1. The van der Waals surface area contributed by atoms with E-state index in [1.807, 2.05) is 30.3 Å². The van der Waals surface area contributed by atoms with E-state index in [4.69, 9.17) is 17.2 Å². The number of hydrogen-bond acceptors (Lipinski definition) is 8. The Morgan fingerprint density at radius 2 is 1.70 bits per heavy atom. The van der Waals surface area contributed by atoms with Crippen LogP contribution >= 0.6 is 0 Å². The van der Waals surface area contributed by atoms with Crippen molar-refractivity contribution >= 4 is 34.8 Å². The molecule has 1 amide bonds. The number of benzene rings is 2. The van der Waals surface area contributed by atoms with Gasteiger partial charge in [-0.05, 0) is 17.7 Å². The molecule has 1 heterocycles. The fraction of sp³-hybridized carbons (Fsp3) is 0.130. The topological polar surface area (TPSA) is 146 Å². The number of nitrogens with two attached hydrogens (primary N) is 3. The molecule has 1 aromatic heterocycles. The molecular weight excluding hydrogens is 425 g/mol. The zero-order valence-electron chi connectivity index (χ0n) is 18.2. The van der Waals surface area contributed by atoms with Crippen LogP contribution in [0.5, 0.6) is 0 Å². The second-order valence-electron chi connectivity index (χ2n) is 6.95. The Morgan fingerprint density at radius 3 is 2.30 bits per heavy atom. The molecule has 0 unspecified atom stereocenters. The van der Waals surface area contributed by atoms with Gasteiger partial charge < -0.3 is 21.9 Å². The Bertz CT molecular complexity index is 1190. The molecule has 0 atom stereocenters. The first-order valence-electron chi connectivity index (χ1n) is 9.87. The van der Waals surface area contributed by atoms with Crippen molar-refractivity contribution in [1.29, 1.82) is 0 Å². The first-order chi connectivity index (χ1) is 15.8. The molecule has 0 fully saturated rings. The molecular formula is C23H24FN7O2. The molecule has 0 spiro atoms. The molecule has 0 bridgehead atoms. The summed E-state index contributed by atoms with van der Waals surface area (Å²) in [5.41, 5.74) is 20.2. The fourth-order valence-electron chi connectivity index (χ4n) is 3.03. The van der Waals surface area contributed by atoms with Crippen molar-refractivity contribution in [2.24, 2.45) is 10.7 Å². The van der Waals surface area contributed by atoms with E-state index < -0.39 is 6.09 Å². The molecule has 9 nitrogen and oxygen atoms in total. The number of nitrogens with zero attached hydrogens (tertiary/aromatic N) is 4. The van der Waals surface area contributed by atoms with E-state index in [9.17, 15) is 9.18 Å². The average molecular weight is 449 g/mol. The molecule has 0 saturated carbocycles. The van der Waals surface area contributed by atoms with Gasteiger partial charge >= 0.3 is 6.09 Å². The number of halogens is 1. The summed E-state index contributed by atoms with van der Waals surface area (Å²) in [5, 5.41) is 0. The van der Waals surface area contributed by atoms with E-state index >= 15 is 0 Å². The Balaban J connectivity index is 2.00. The van der Waals surface area contributed by atoms with Crippen molar-refractivity contribution in [3.63, 3.8) is 0 Å². The third-order valence-corrected chi connectivity index (χ3v) is 4.72. The van der Waals surface area contributed by atoms with Crippen molar-refractivity contribution in [3.05, 3.63) is 83.4 Å². The quantitative estimate of drug-likeness (QED) is 0.490. The predicted octanol–water partition coefficient (Wildman–Crippen LogP) is 2.97. The van der Waals surface area contributed by atoms with Crippen LogP contribution in [0.1, 0.15) is 17.0 Å². The van der Waals surface area contributed by atoms with Gasteiger partial charge in [0.1, 0.15) is 11.5 Å². The van der Waals surface area contributed by atoms with E-state index in [2.05, 4.69) is 19.7 Å². The lowest BCUT2D eigenvalue weighted by atomic mass is 10.1. The number of aromatic nitrogens is 2. The van der Waals surface area contributed by atoms with E-state index in [1.54, 1.807) is 24.3 Å². The summed E-state index contributed by atoms with van der Waals surface area (Å²) in [6, 6.07) is 15.7. The van der Waals surface area contributed by atoms with Gasteiger partial charge in [-0.1, -0.05) is 48.5 Å². The summed E-state index contributed by atoms with van der Waals surface area (Å²) in [4.78, 5) is 25.8. The lowest BCUT2D eigenvalue weighted by Crippen LogP contribution is -2.28. The SMILES string of the molecule is COC(=O)N(C)c1c(N)nc(C(N)=CC(=NCc2ccccc2F)c2ccccc2)nc1N. The van der Waals surface area contributed by atoms with Crippen LogP contribution in [0.2, 0.25) is 0 Å². The van der Waals surface area contributed by atoms with Crippen LogP contribution in [0.3, 0.4) is 0 Å². The largest absolute Gasteiger partial charge is 0.452 e. The van der Waals surface area contributed by atoms with Crippen LogP contribution in [0.4, 0.5) is 26.5 Å². The molecule has 0 aliphatic carbocycles. The van der Waals surface area contributed by atoms with Crippen LogP contribution in [0.15, 0.2) is 65.7 Å². The van der Waals surface area contributed by atoms with E-state index in [1.165, 1.54) is 20.2 Å². The van der Waals surface area contributed by atoms with Crippen molar-refractivity contribution in [3.8, 4) is 0 Å². The van der Waals surface area contributed by atoms with Gasteiger partial charge in [-0.15, -0.1) is 0 Å². The number of aliphatic imine (C=N–C) groups is 1. The maximum Gasteiger partial charge on any atom is 0.413 e. The van der Waals surface area contributed by atoms with E-state index in [-0.39, 0.29) is 41.2 Å². The van der Waals surface area contributed by atoms with Gasteiger partial charge in [-0.3, -0.25) is 9.89 Å². The molecule has 3 rings (SSSR count). The van der Waals surface area contributed by atoms with E-state index in [0.29, 0.717) is 11.3 Å². The monoisotopic (exact) mass is 449 g/mol. The van der Waals surface area contributed by atoms with Gasteiger partial charge in [0.25, 0.3) is 0 Å². The van der Waals surface area contributed by atoms with Crippen LogP contribution in [-0.4, -0.2) is 35.9 Å². The second kappa shape index (κ2) is 10.2. The summed E-state index contributed by atoms with van der Waals surface area (Å²) in [7, 11) is 2.66. The minimum absolute atomic E-state index is 0.0497. The number of methoxy groups -OCH3 is 1. The van der Waals surface area contributed by atoms with Crippen molar-refractivity contribution < 1.29 is 13.9 Å². The van der Waals surface area contributed by atoms with Gasteiger partial charge in [0.2, 0.25) is 0 Å². The van der Waals surface area contributed by atoms with E-state index in [0.717, 1.165) is 10.5 Å². The molecule has 6 N–H and O–H groups in total. The van der Waals surface area contributed by atoms with Crippen LogP contribution < -0.4 is 22.1 Å². The standard InChI is InChI=1S/C23H24FN7O2/c1-31(23(32)33-2)19-20(26)29-22(30-21(19)27)17(25)12-18(14-8-4-3-5-9-14)28-13-15-10-6-7-11-16(15)24/h3-12H,13,25H2,1-2H3,(H4,26,27,29,30). The molecule has 2 aromatic carbocycles. The normalized spacial score (nSPS) is 11.8. The summed E-state index contributed by atoms with van der Waals surface area (Å²) in [6.45, 7) is 0.106. The minimum atomic E-state index is -0.681. The van der Waals surface area contributed by atoms with Crippen LogP contribution in [-0.2, 0) is 11.3 Å². The third-order valence-electron chi connectivity index (χ3n) is 4.72. The molecule has 0 radical (unpaired) electrons. The third kappa shape index (κ3) is 5.42. The number of carbonyl (C=O) groups is 1. The number of nitrogen functional groups attached to an aromatic ring is 2. The number of rotatable bonds is 6. The molecule has 0 aliphatic rings. The molecule has 33 heavy (non-hydrogen) atoms. The summed E-state index contributed by atoms with van der Waals surface area (Å²) >= 11 is 0. The van der Waals surface area contributed by atoms with Crippen molar-refractivity contribution in [2.45, 2.75) is 6.54 Å². The molecule has 0 saturated heterocycles. The number of anilines is 3. The van der Waals surface area contributed by atoms with Crippen LogP contribution in [0.25, 0.3) is 5.70 Å². The molecule has 10 heteroatoms. The zero-order chi connectivity index (χ0) is 24.0. The highest BCUT2D eigenvalue weighted by Gasteiger charge is 2.20. The van der Waals surface area contributed by atoms with Gasteiger partial charge in [-0.25, -0.2) is 19.2 Å². The lowest BCUT2D eigenvalue weighted by molar-refractivity contribution is 0.180.